The lowest BCUT2D eigenvalue weighted by molar-refractivity contribution is 0.966. The van der Waals surface area contributed by atoms with E-state index >= 15 is 0 Å². The van der Waals surface area contributed by atoms with Gasteiger partial charge in [-0.1, -0.05) is 23.2 Å². The summed E-state index contributed by atoms with van der Waals surface area (Å²) in [5.74, 6) is 1.93. The normalized spacial score (nSPS) is 14.3. The van der Waals surface area contributed by atoms with E-state index in [0.29, 0.717) is 27.5 Å². The highest BCUT2D eigenvalue weighted by Crippen LogP contribution is 2.43. The van der Waals surface area contributed by atoms with Crippen LogP contribution in [-0.4, -0.2) is 21.5 Å². The number of halogens is 3. The fourth-order valence-electron chi connectivity index (χ4n) is 2.06. The molecule has 0 aromatic carbocycles. The monoisotopic (exact) mass is 434 g/mol. The second kappa shape index (κ2) is 6.22. The van der Waals surface area contributed by atoms with E-state index in [4.69, 9.17) is 23.2 Å². The Morgan fingerprint density at radius 2 is 2.10 bits per heavy atom. The SMILES string of the molecule is CCNc1nc(-c2ncc(Cl)cc2Cl)nc(C2CC2)c1I. The number of nitrogens with zero attached hydrogens (tertiary/aromatic N) is 3. The molecule has 1 aliphatic carbocycles. The van der Waals surface area contributed by atoms with Gasteiger partial charge in [0, 0.05) is 18.7 Å². The molecule has 0 aliphatic heterocycles. The zero-order chi connectivity index (χ0) is 15.0. The number of hydrogen-bond donors (Lipinski definition) is 1. The lowest BCUT2D eigenvalue weighted by Gasteiger charge is -2.12. The van der Waals surface area contributed by atoms with Crippen LogP contribution in [0.1, 0.15) is 31.4 Å². The van der Waals surface area contributed by atoms with Crippen molar-refractivity contribution in [3.05, 3.63) is 31.6 Å². The van der Waals surface area contributed by atoms with E-state index in [9.17, 15) is 0 Å². The number of nitrogens with one attached hydrogen (secondary N) is 1. The number of aromatic nitrogens is 3. The Labute approximate surface area is 146 Å². The van der Waals surface area contributed by atoms with Crippen molar-refractivity contribution in [3.8, 4) is 11.5 Å². The Balaban J connectivity index is 2.13. The van der Waals surface area contributed by atoms with Crippen molar-refractivity contribution in [3.63, 3.8) is 0 Å². The van der Waals surface area contributed by atoms with Crippen LogP contribution in [0.25, 0.3) is 11.5 Å². The van der Waals surface area contributed by atoms with Gasteiger partial charge in [0.05, 0.1) is 19.3 Å². The molecule has 0 amide bonds. The summed E-state index contributed by atoms with van der Waals surface area (Å²) in [4.78, 5) is 13.5. The van der Waals surface area contributed by atoms with Crippen molar-refractivity contribution in [2.75, 3.05) is 11.9 Å². The van der Waals surface area contributed by atoms with Crippen molar-refractivity contribution < 1.29 is 0 Å². The number of anilines is 1. The van der Waals surface area contributed by atoms with Crippen LogP contribution < -0.4 is 5.32 Å². The third-order valence-electron chi connectivity index (χ3n) is 3.20. The van der Waals surface area contributed by atoms with E-state index in [0.717, 1.165) is 21.6 Å². The summed E-state index contributed by atoms with van der Waals surface area (Å²) >= 11 is 14.4. The summed E-state index contributed by atoms with van der Waals surface area (Å²) in [7, 11) is 0. The van der Waals surface area contributed by atoms with Crippen LogP contribution in [-0.2, 0) is 0 Å². The van der Waals surface area contributed by atoms with Crippen LogP contribution in [0.5, 0.6) is 0 Å². The van der Waals surface area contributed by atoms with Crippen molar-refractivity contribution in [1.29, 1.82) is 0 Å². The van der Waals surface area contributed by atoms with E-state index in [1.54, 1.807) is 12.3 Å². The number of pyridine rings is 1. The molecule has 0 bridgehead atoms. The van der Waals surface area contributed by atoms with Gasteiger partial charge in [-0.3, -0.25) is 0 Å². The van der Waals surface area contributed by atoms with E-state index in [1.165, 1.54) is 12.8 Å². The van der Waals surface area contributed by atoms with E-state index in [1.807, 2.05) is 6.92 Å². The third kappa shape index (κ3) is 3.24. The average Bonchev–Trinajstić information content (AvgIpc) is 3.26. The van der Waals surface area contributed by atoms with Gasteiger partial charge in [0.1, 0.15) is 11.5 Å². The molecule has 21 heavy (non-hydrogen) atoms. The third-order valence-corrected chi connectivity index (χ3v) is 4.76. The lowest BCUT2D eigenvalue weighted by Crippen LogP contribution is -2.08. The van der Waals surface area contributed by atoms with Gasteiger partial charge in [-0.25, -0.2) is 15.0 Å². The summed E-state index contributed by atoms with van der Waals surface area (Å²) in [6.07, 6.45) is 3.92. The maximum Gasteiger partial charge on any atom is 0.182 e. The molecule has 1 aliphatic rings. The van der Waals surface area contributed by atoms with Crippen molar-refractivity contribution >= 4 is 51.6 Å². The van der Waals surface area contributed by atoms with Crippen molar-refractivity contribution in [2.24, 2.45) is 0 Å². The Morgan fingerprint density at radius 1 is 1.33 bits per heavy atom. The quantitative estimate of drug-likeness (QED) is 0.705. The second-order valence-electron chi connectivity index (χ2n) is 4.88. The van der Waals surface area contributed by atoms with E-state index < -0.39 is 0 Å². The molecule has 0 unspecified atom stereocenters. The average molecular weight is 435 g/mol. The molecule has 3 rings (SSSR count). The summed E-state index contributed by atoms with van der Waals surface area (Å²) < 4.78 is 1.09. The van der Waals surface area contributed by atoms with Gasteiger partial charge < -0.3 is 5.32 Å². The molecule has 2 aromatic heterocycles. The Hall–Kier alpha value is -0.660. The van der Waals surface area contributed by atoms with E-state index in [-0.39, 0.29) is 0 Å². The first-order chi connectivity index (χ1) is 10.1. The maximum absolute atomic E-state index is 6.23. The van der Waals surface area contributed by atoms with Gasteiger partial charge in [-0.15, -0.1) is 0 Å². The van der Waals surface area contributed by atoms with Crippen LogP contribution in [0.4, 0.5) is 5.82 Å². The lowest BCUT2D eigenvalue weighted by atomic mass is 10.2. The molecule has 0 saturated heterocycles. The Kier molecular flexibility index (Phi) is 4.51. The zero-order valence-electron chi connectivity index (χ0n) is 11.3. The molecule has 1 saturated carbocycles. The Morgan fingerprint density at radius 3 is 2.71 bits per heavy atom. The predicted octanol–water partition coefficient (Wildman–Crippen LogP) is 4.76. The number of rotatable bonds is 4. The zero-order valence-corrected chi connectivity index (χ0v) is 15.0. The first-order valence-electron chi connectivity index (χ1n) is 6.73. The first kappa shape index (κ1) is 15.2. The molecule has 7 heteroatoms. The van der Waals surface area contributed by atoms with Crippen LogP contribution >= 0.6 is 45.8 Å². The van der Waals surface area contributed by atoms with Gasteiger partial charge in [0.15, 0.2) is 5.82 Å². The molecule has 1 N–H and O–H groups in total. The summed E-state index contributed by atoms with van der Waals surface area (Å²) in [6.45, 7) is 2.85. The number of hydrogen-bond acceptors (Lipinski definition) is 4. The minimum Gasteiger partial charge on any atom is -0.369 e. The van der Waals surface area contributed by atoms with Crippen molar-refractivity contribution in [2.45, 2.75) is 25.7 Å². The van der Waals surface area contributed by atoms with Crippen molar-refractivity contribution in [1.82, 2.24) is 15.0 Å². The minimum atomic E-state index is 0.466. The first-order valence-corrected chi connectivity index (χ1v) is 8.56. The fourth-order valence-corrected chi connectivity index (χ4v) is 3.40. The highest BCUT2D eigenvalue weighted by atomic mass is 127. The highest BCUT2D eigenvalue weighted by Gasteiger charge is 2.30. The maximum atomic E-state index is 6.23. The molecule has 0 spiro atoms. The van der Waals surface area contributed by atoms with Crippen LogP contribution in [0.15, 0.2) is 12.3 Å². The van der Waals surface area contributed by atoms with Gasteiger partial charge in [-0.2, -0.15) is 0 Å². The topological polar surface area (TPSA) is 50.7 Å². The molecular formula is C14H13Cl2IN4. The molecule has 4 nitrogen and oxygen atoms in total. The van der Waals surface area contributed by atoms with Gasteiger partial charge in [-0.05, 0) is 48.4 Å². The molecule has 0 radical (unpaired) electrons. The summed E-state index contributed by atoms with van der Waals surface area (Å²) in [5.41, 5.74) is 1.66. The smallest absolute Gasteiger partial charge is 0.182 e. The second-order valence-corrected chi connectivity index (χ2v) is 6.81. The molecule has 2 heterocycles. The summed E-state index contributed by atoms with van der Waals surface area (Å²) in [5, 5.41) is 4.25. The molecular weight excluding hydrogens is 422 g/mol. The van der Waals surface area contributed by atoms with E-state index in [2.05, 4.69) is 42.9 Å². The molecule has 110 valence electrons. The van der Waals surface area contributed by atoms with Gasteiger partial charge in [0.25, 0.3) is 0 Å². The molecule has 0 atom stereocenters. The van der Waals surface area contributed by atoms with Crippen LogP contribution in [0.3, 0.4) is 0 Å². The highest BCUT2D eigenvalue weighted by molar-refractivity contribution is 14.1. The standard InChI is InChI=1S/C14H13Cl2IN4/c1-2-18-13-10(17)11(7-3-4-7)20-14(21-13)12-9(16)5-8(15)6-19-12/h5-7H,2-4H2,1H3,(H,18,20,21). The van der Waals surface area contributed by atoms with Crippen LogP contribution in [0, 0.1) is 3.57 Å². The largest absolute Gasteiger partial charge is 0.369 e. The molecule has 2 aromatic rings. The summed E-state index contributed by atoms with van der Waals surface area (Å²) in [6, 6.07) is 1.66. The Bertz CT molecular complexity index is 689. The van der Waals surface area contributed by atoms with Crippen LogP contribution in [0.2, 0.25) is 10.0 Å². The fraction of sp³-hybridized carbons (Fsp3) is 0.357. The predicted molar refractivity (Wildman–Crippen MR) is 94.1 cm³/mol. The molecule has 1 fully saturated rings. The van der Waals surface area contributed by atoms with Gasteiger partial charge in [0.2, 0.25) is 0 Å². The van der Waals surface area contributed by atoms with Gasteiger partial charge >= 0.3 is 0 Å². The minimum absolute atomic E-state index is 0.466.